The molecule has 0 aliphatic carbocycles. The summed E-state index contributed by atoms with van der Waals surface area (Å²) in [5.41, 5.74) is 0. The van der Waals surface area contributed by atoms with Crippen LogP contribution in [0.1, 0.15) is 33.1 Å². The molecule has 1 nitrogen and oxygen atoms in total. The van der Waals surface area contributed by atoms with Crippen LogP contribution in [0.25, 0.3) is 0 Å². The lowest BCUT2D eigenvalue weighted by Crippen LogP contribution is -2.41. The first-order chi connectivity index (χ1) is 5.74. The molecule has 2 atom stereocenters. The Hall–Kier alpha value is 0.540. The lowest BCUT2D eigenvalue weighted by molar-refractivity contribution is 0.125. The maximum absolute atomic E-state index is 5.68. The SMILES string of the molecule is CC1CCC(C)N(CCCCl)C1.Cl. The number of likely N-dealkylation sites (tertiary alicyclic amines) is 1. The molecule has 0 spiro atoms. The summed E-state index contributed by atoms with van der Waals surface area (Å²) >= 11 is 5.68. The summed E-state index contributed by atoms with van der Waals surface area (Å²) in [4.78, 5) is 2.58. The van der Waals surface area contributed by atoms with Crippen LogP contribution in [0.4, 0.5) is 0 Å². The summed E-state index contributed by atoms with van der Waals surface area (Å²) in [6, 6.07) is 0.782. The quantitative estimate of drug-likeness (QED) is 0.668. The Morgan fingerprint density at radius 1 is 1.31 bits per heavy atom. The molecular formula is C10H21Cl2N. The molecule has 1 aliphatic heterocycles. The minimum atomic E-state index is 0. The van der Waals surface area contributed by atoms with Crippen LogP contribution in [0, 0.1) is 5.92 Å². The third-order valence-electron chi connectivity index (χ3n) is 2.83. The van der Waals surface area contributed by atoms with E-state index in [9.17, 15) is 0 Å². The lowest BCUT2D eigenvalue weighted by Gasteiger charge is -2.36. The highest BCUT2D eigenvalue weighted by Gasteiger charge is 2.21. The molecule has 0 amide bonds. The molecule has 0 aromatic heterocycles. The van der Waals surface area contributed by atoms with Gasteiger partial charge in [-0.1, -0.05) is 6.92 Å². The number of alkyl halides is 1. The third kappa shape index (κ3) is 4.53. The van der Waals surface area contributed by atoms with E-state index in [4.69, 9.17) is 11.6 Å². The van der Waals surface area contributed by atoms with E-state index in [0.717, 1.165) is 24.3 Å². The van der Waals surface area contributed by atoms with Crippen molar-refractivity contribution in [3.05, 3.63) is 0 Å². The average molecular weight is 226 g/mol. The van der Waals surface area contributed by atoms with E-state index in [-0.39, 0.29) is 12.4 Å². The number of nitrogens with zero attached hydrogens (tertiary/aromatic N) is 1. The second-order valence-electron chi connectivity index (χ2n) is 4.07. The minimum Gasteiger partial charge on any atom is -0.300 e. The van der Waals surface area contributed by atoms with Crippen molar-refractivity contribution in [2.75, 3.05) is 19.0 Å². The molecule has 1 heterocycles. The molecule has 1 saturated heterocycles. The number of halogens is 2. The largest absolute Gasteiger partial charge is 0.300 e. The van der Waals surface area contributed by atoms with Crippen molar-refractivity contribution in [1.82, 2.24) is 4.90 Å². The number of piperidine rings is 1. The fraction of sp³-hybridized carbons (Fsp3) is 1.00. The maximum Gasteiger partial charge on any atom is 0.0235 e. The Balaban J connectivity index is 0.00000144. The summed E-state index contributed by atoms with van der Waals surface area (Å²) in [6.45, 7) is 7.15. The molecule has 1 fully saturated rings. The van der Waals surface area contributed by atoms with Crippen LogP contribution < -0.4 is 0 Å². The van der Waals surface area contributed by atoms with Crippen molar-refractivity contribution in [2.45, 2.75) is 39.2 Å². The van der Waals surface area contributed by atoms with Crippen LogP contribution in [-0.2, 0) is 0 Å². The van der Waals surface area contributed by atoms with Gasteiger partial charge >= 0.3 is 0 Å². The number of hydrogen-bond donors (Lipinski definition) is 0. The monoisotopic (exact) mass is 225 g/mol. The number of hydrogen-bond acceptors (Lipinski definition) is 1. The van der Waals surface area contributed by atoms with Crippen LogP contribution in [0.3, 0.4) is 0 Å². The van der Waals surface area contributed by atoms with Crippen molar-refractivity contribution >= 4 is 24.0 Å². The zero-order valence-electron chi connectivity index (χ0n) is 8.63. The predicted molar refractivity (Wildman–Crippen MR) is 62.0 cm³/mol. The Bertz CT molecular complexity index is 130. The summed E-state index contributed by atoms with van der Waals surface area (Å²) in [5.74, 6) is 1.69. The van der Waals surface area contributed by atoms with Gasteiger partial charge in [-0.05, 0) is 38.6 Å². The molecule has 0 aromatic rings. The first-order valence-electron chi connectivity index (χ1n) is 5.04. The highest BCUT2D eigenvalue weighted by Crippen LogP contribution is 2.21. The van der Waals surface area contributed by atoms with E-state index < -0.39 is 0 Å². The van der Waals surface area contributed by atoms with E-state index in [1.807, 2.05) is 0 Å². The van der Waals surface area contributed by atoms with Gasteiger partial charge in [-0.15, -0.1) is 24.0 Å². The first-order valence-corrected chi connectivity index (χ1v) is 5.57. The molecule has 0 saturated carbocycles. The maximum atomic E-state index is 5.68. The van der Waals surface area contributed by atoms with Gasteiger partial charge in [0.15, 0.2) is 0 Å². The topological polar surface area (TPSA) is 3.24 Å². The Labute approximate surface area is 93.2 Å². The van der Waals surface area contributed by atoms with E-state index in [1.54, 1.807) is 0 Å². The van der Waals surface area contributed by atoms with Gasteiger partial charge < -0.3 is 4.90 Å². The molecule has 2 unspecified atom stereocenters. The second kappa shape index (κ2) is 6.92. The van der Waals surface area contributed by atoms with E-state index >= 15 is 0 Å². The van der Waals surface area contributed by atoms with Crippen LogP contribution in [0.2, 0.25) is 0 Å². The van der Waals surface area contributed by atoms with Gasteiger partial charge in [0.2, 0.25) is 0 Å². The van der Waals surface area contributed by atoms with Gasteiger partial charge in [0.1, 0.15) is 0 Å². The Kier molecular flexibility index (Phi) is 7.20. The molecule has 0 bridgehead atoms. The fourth-order valence-corrected chi connectivity index (χ4v) is 2.07. The van der Waals surface area contributed by atoms with Crippen molar-refractivity contribution in [2.24, 2.45) is 5.92 Å². The van der Waals surface area contributed by atoms with Crippen molar-refractivity contribution in [3.63, 3.8) is 0 Å². The molecule has 0 radical (unpaired) electrons. The summed E-state index contributed by atoms with van der Waals surface area (Å²) in [7, 11) is 0. The molecule has 1 aliphatic rings. The zero-order valence-corrected chi connectivity index (χ0v) is 10.2. The fourth-order valence-electron chi connectivity index (χ4n) is 1.95. The average Bonchev–Trinajstić information content (AvgIpc) is 2.07. The molecule has 80 valence electrons. The normalized spacial score (nSPS) is 29.8. The van der Waals surface area contributed by atoms with Crippen molar-refractivity contribution < 1.29 is 0 Å². The van der Waals surface area contributed by atoms with E-state index in [0.29, 0.717) is 0 Å². The van der Waals surface area contributed by atoms with Crippen LogP contribution >= 0.6 is 24.0 Å². The highest BCUT2D eigenvalue weighted by molar-refractivity contribution is 6.17. The van der Waals surface area contributed by atoms with Crippen molar-refractivity contribution in [3.8, 4) is 0 Å². The number of rotatable bonds is 3. The van der Waals surface area contributed by atoms with E-state index in [1.165, 1.54) is 25.9 Å². The standard InChI is InChI=1S/C10H20ClN.ClH/c1-9-4-5-10(2)12(8-9)7-3-6-11;/h9-10H,3-8H2,1-2H3;1H. The second-order valence-corrected chi connectivity index (χ2v) is 4.45. The van der Waals surface area contributed by atoms with Gasteiger partial charge in [-0.2, -0.15) is 0 Å². The lowest BCUT2D eigenvalue weighted by atomic mass is 9.95. The highest BCUT2D eigenvalue weighted by atomic mass is 35.5. The van der Waals surface area contributed by atoms with Gasteiger partial charge in [0.05, 0.1) is 0 Å². The predicted octanol–water partition coefficient (Wildman–Crippen LogP) is 3.16. The molecule has 0 N–H and O–H groups in total. The van der Waals surface area contributed by atoms with Crippen LogP contribution in [0.5, 0.6) is 0 Å². The van der Waals surface area contributed by atoms with Crippen LogP contribution in [-0.4, -0.2) is 29.9 Å². The molecule has 0 aromatic carbocycles. The smallest absolute Gasteiger partial charge is 0.0235 e. The van der Waals surface area contributed by atoms with Gasteiger partial charge in [-0.25, -0.2) is 0 Å². The molecule has 1 rings (SSSR count). The van der Waals surface area contributed by atoms with Crippen LogP contribution in [0.15, 0.2) is 0 Å². The van der Waals surface area contributed by atoms with Gasteiger partial charge in [-0.3, -0.25) is 0 Å². The zero-order chi connectivity index (χ0) is 8.97. The third-order valence-corrected chi connectivity index (χ3v) is 3.09. The van der Waals surface area contributed by atoms with Crippen molar-refractivity contribution in [1.29, 1.82) is 0 Å². The Morgan fingerprint density at radius 3 is 2.62 bits per heavy atom. The molecule has 13 heavy (non-hydrogen) atoms. The summed E-state index contributed by atoms with van der Waals surface area (Å²) in [5, 5.41) is 0. The van der Waals surface area contributed by atoms with Gasteiger partial charge in [0.25, 0.3) is 0 Å². The molecule has 3 heteroatoms. The molecular weight excluding hydrogens is 205 g/mol. The summed E-state index contributed by atoms with van der Waals surface area (Å²) in [6.07, 6.45) is 3.90. The summed E-state index contributed by atoms with van der Waals surface area (Å²) < 4.78 is 0. The van der Waals surface area contributed by atoms with E-state index in [2.05, 4.69) is 18.7 Å². The first kappa shape index (κ1) is 13.5. The minimum absolute atomic E-state index is 0. The Morgan fingerprint density at radius 2 is 2.00 bits per heavy atom. The van der Waals surface area contributed by atoms with Gasteiger partial charge in [0, 0.05) is 18.5 Å².